The van der Waals surface area contributed by atoms with Crippen molar-refractivity contribution < 1.29 is 0 Å². The van der Waals surface area contributed by atoms with Gasteiger partial charge in [0.1, 0.15) is 0 Å². The predicted octanol–water partition coefficient (Wildman–Crippen LogP) is 4.83. The van der Waals surface area contributed by atoms with Gasteiger partial charge in [-0.05, 0) is 24.7 Å². The maximum atomic E-state index is 2.36. The highest BCUT2D eigenvalue weighted by Gasteiger charge is 2.07. The summed E-state index contributed by atoms with van der Waals surface area (Å²) >= 11 is 0. The molecule has 0 nitrogen and oxygen atoms in total. The molecule has 0 aromatic heterocycles. The molecule has 14 heavy (non-hydrogen) atoms. The summed E-state index contributed by atoms with van der Waals surface area (Å²) in [6.45, 7) is 15.7. The molecule has 0 saturated carbocycles. The first kappa shape index (κ1) is 13.5. The highest BCUT2D eigenvalue weighted by Crippen LogP contribution is 2.21. The van der Waals surface area contributed by atoms with Crippen molar-refractivity contribution in [2.24, 2.45) is 17.8 Å². The molecule has 0 aliphatic heterocycles. The molecule has 0 unspecified atom stereocenters. The summed E-state index contributed by atoms with van der Waals surface area (Å²) in [4.78, 5) is 0. The zero-order valence-corrected chi connectivity index (χ0v) is 10.9. The second-order valence-corrected chi connectivity index (χ2v) is 5.11. The van der Waals surface area contributed by atoms with E-state index in [2.05, 4.69) is 60.6 Å². The zero-order valence-electron chi connectivity index (χ0n) is 10.9. The Labute approximate surface area is 90.1 Å². The normalized spacial score (nSPS) is 12.9. The SMILES string of the molecule is C/C(C=C(C(C)C)C(C)C)=C\C(C)C. The summed E-state index contributed by atoms with van der Waals surface area (Å²) in [6, 6.07) is 0. The van der Waals surface area contributed by atoms with Crippen LogP contribution >= 0.6 is 0 Å². The number of rotatable bonds is 4. The Hall–Kier alpha value is -0.520. The van der Waals surface area contributed by atoms with Crippen molar-refractivity contribution in [2.75, 3.05) is 0 Å². The van der Waals surface area contributed by atoms with E-state index in [1.54, 1.807) is 5.57 Å². The van der Waals surface area contributed by atoms with Gasteiger partial charge >= 0.3 is 0 Å². The van der Waals surface area contributed by atoms with Gasteiger partial charge in [-0.2, -0.15) is 0 Å². The zero-order chi connectivity index (χ0) is 11.3. The molecule has 0 fully saturated rings. The lowest BCUT2D eigenvalue weighted by Gasteiger charge is -2.15. The standard InChI is InChI=1S/C14H26/c1-10(2)8-13(7)9-14(11(3)4)12(5)6/h8-12H,1-7H3/b13-8+. The first-order valence-corrected chi connectivity index (χ1v) is 5.74. The van der Waals surface area contributed by atoms with Gasteiger partial charge in [0.15, 0.2) is 0 Å². The van der Waals surface area contributed by atoms with E-state index in [9.17, 15) is 0 Å². The molecule has 0 aromatic rings. The Balaban J connectivity index is 4.74. The molecule has 0 saturated heterocycles. The van der Waals surface area contributed by atoms with Crippen LogP contribution in [0.2, 0.25) is 0 Å². The van der Waals surface area contributed by atoms with Crippen LogP contribution in [0.25, 0.3) is 0 Å². The number of allylic oxidation sites excluding steroid dienone is 4. The van der Waals surface area contributed by atoms with Crippen LogP contribution in [-0.2, 0) is 0 Å². The fraction of sp³-hybridized carbons (Fsp3) is 0.714. The lowest BCUT2D eigenvalue weighted by molar-refractivity contribution is 0.624. The van der Waals surface area contributed by atoms with Crippen LogP contribution in [0.15, 0.2) is 23.3 Å². The number of hydrogen-bond donors (Lipinski definition) is 0. The Kier molecular flexibility index (Phi) is 5.83. The fourth-order valence-corrected chi connectivity index (χ4v) is 1.84. The van der Waals surface area contributed by atoms with E-state index >= 15 is 0 Å². The lowest BCUT2D eigenvalue weighted by Crippen LogP contribution is -2.02. The van der Waals surface area contributed by atoms with Gasteiger partial charge < -0.3 is 0 Å². The lowest BCUT2D eigenvalue weighted by atomic mass is 9.90. The van der Waals surface area contributed by atoms with Gasteiger partial charge in [-0.25, -0.2) is 0 Å². The Bertz CT molecular complexity index is 204. The number of hydrogen-bond acceptors (Lipinski definition) is 0. The van der Waals surface area contributed by atoms with Gasteiger partial charge in [0.05, 0.1) is 0 Å². The molecule has 0 rings (SSSR count). The summed E-state index contributed by atoms with van der Waals surface area (Å²) < 4.78 is 0. The van der Waals surface area contributed by atoms with Gasteiger partial charge in [-0.1, -0.05) is 64.8 Å². The maximum absolute atomic E-state index is 2.36. The minimum absolute atomic E-state index is 0.645. The minimum Gasteiger partial charge on any atom is -0.0790 e. The highest BCUT2D eigenvalue weighted by molar-refractivity contribution is 5.24. The summed E-state index contributed by atoms with van der Waals surface area (Å²) in [5, 5.41) is 0. The van der Waals surface area contributed by atoms with E-state index in [0.717, 1.165) is 0 Å². The molecule has 0 spiro atoms. The molecule has 0 aromatic carbocycles. The van der Waals surface area contributed by atoms with E-state index in [1.807, 2.05) is 0 Å². The van der Waals surface area contributed by atoms with Crippen LogP contribution in [0.4, 0.5) is 0 Å². The van der Waals surface area contributed by atoms with Gasteiger partial charge in [0.25, 0.3) is 0 Å². The van der Waals surface area contributed by atoms with E-state index in [0.29, 0.717) is 17.8 Å². The van der Waals surface area contributed by atoms with E-state index in [1.165, 1.54) is 5.57 Å². The van der Waals surface area contributed by atoms with Crippen molar-refractivity contribution in [2.45, 2.75) is 48.5 Å². The Morgan fingerprint density at radius 3 is 1.57 bits per heavy atom. The van der Waals surface area contributed by atoms with E-state index in [-0.39, 0.29) is 0 Å². The molecule has 0 aliphatic rings. The van der Waals surface area contributed by atoms with Crippen LogP contribution < -0.4 is 0 Å². The third kappa shape index (κ3) is 5.26. The Morgan fingerprint density at radius 2 is 1.29 bits per heavy atom. The van der Waals surface area contributed by atoms with Gasteiger partial charge in [-0.3, -0.25) is 0 Å². The second-order valence-electron chi connectivity index (χ2n) is 5.11. The maximum Gasteiger partial charge on any atom is -0.0254 e. The molecule has 0 atom stereocenters. The summed E-state index contributed by atoms with van der Waals surface area (Å²) in [5.74, 6) is 1.96. The average Bonchev–Trinajstić information content (AvgIpc) is 1.97. The Morgan fingerprint density at radius 1 is 0.857 bits per heavy atom. The third-order valence-electron chi connectivity index (χ3n) is 2.32. The van der Waals surface area contributed by atoms with Crippen molar-refractivity contribution >= 4 is 0 Å². The fourth-order valence-electron chi connectivity index (χ4n) is 1.84. The molecule has 0 radical (unpaired) electrons. The van der Waals surface area contributed by atoms with Crippen molar-refractivity contribution in [3.63, 3.8) is 0 Å². The van der Waals surface area contributed by atoms with Crippen LogP contribution in [0.1, 0.15) is 48.5 Å². The topological polar surface area (TPSA) is 0 Å². The molecule has 0 heterocycles. The van der Waals surface area contributed by atoms with Gasteiger partial charge in [0, 0.05) is 0 Å². The van der Waals surface area contributed by atoms with Gasteiger partial charge in [0.2, 0.25) is 0 Å². The molecule has 0 aliphatic carbocycles. The molecule has 0 N–H and O–H groups in total. The molecular formula is C14H26. The molecular weight excluding hydrogens is 168 g/mol. The summed E-state index contributed by atoms with van der Waals surface area (Å²) in [7, 11) is 0. The van der Waals surface area contributed by atoms with Crippen LogP contribution in [0.3, 0.4) is 0 Å². The second kappa shape index (κ2) is 6.06. The monoisotopic (exact) mass is 194 g/mol. The summed E-state index contributed by atoms with van der Waals surface area (Å²) in [6.07, 6.45) is 4.68. The van der Waals surface area contributed by atoms with Crippen molar-refractivity contribution in [3.8, 4) is 0 Å². The van der Waals surface area contributed by atoms with Crippen LogP contribution in [0, 0.1) is 17.8 Å². The summed E-state index contributed by atoms with van der Waals surface area (Å²) in [5.41, 5.74) is 2.96. The van der Waals surface area contributed by atoms with Crippen molar-refractivity contribution in [1.29, 1.82) is 0 Å². The quantitative estimate of drug-likeness (QED) is 0.562. The molecule has 0 amide bonds. The smallest absolute Gasteiger partial charge is 0.0254 e. The van der Waals surface area contributed by atoms with Crippen molar-refractivity contribution in [1.82, 2.24) is 0 Å². The van der Waals surface area contributed by atoms with E-state index in [4.69, 9.17) is 0 Å². The molecule has 82 valence electrons. The first-order valence-electron chi connectivity index (χ1n) is 5.74. The molecule has 0 bridgehead atoms. The third-order valence-corrected chi connectivity index (χ3v) is 2.32. The molecule has 0 heteroatoms. The minimum atomic E-state index is 0.645. The predicted molar refractivity (Wildman–Crippen MR) is 66.4 cm³/mol. The van der Waals surface area contributed by atoms with Crippen LogP contribution in [-0.4, -0.2) is 0 Å². The largest absolute Gasteiger partial charge is 0.0790 e. The average molecular weight is 194 g/mol. The first-order chi connectivity index (χ1) is 6.34. The highest BCUT2D eigenvalue weighted by atomic mass is 14.1. The van der Waals surface area contributed by atoms with Crippen molar-refractivity contribution in [3.05, 3.63) is 23.3 Å². The van der Waals surface area contributed by atoms with Crippen LogP contribution in [0.5, 0.6) is 0 Å². The van der Waals surface area contributed by atoms with E-state index < -0.39 is 0 Å². The van der Waals surface area contributed by atoms with Gasteiger partial charge in [-0.15, -0.1) is 0 Å².